The molecule has 0 aliphatic heterocycles. The molecule has 0 radical (unpaired) electrons. The number of benzene rings is 3. The van der Waals surface area contributed by atoms with Crippen LogP contribution < -0.4 is 10.6 Å². The fourth-order valence-corrected chi connectivity index (χ4v) is 3.06. The van der Waals surface area contributed by atoms with Crippen LogP contribution in [-0.2, 0) is 11.2 Å². The molecule has 3 aromatic carbocycles. The van der Waals surface area contributed by atoms with Gasteiger partial charge < -0.3 is 10.6 Å². The second-order valence-electron chi connectivity index (χ2n) is 5.81. The number of carbonyl (C=O) groups is 2. The van der Waals surface area contributed by atoms with Gasteiger partial charge in [-0.3, -0.25) is 9.59 Å². The summed E-state index contributed by atoms with van der Waals surface area (Å²) in [5.41, 5.74) is 1.95. The van der Waals surface area contributed by atoms with Crippen LogP contribution in [0.5, 0.6) is 0 Å². The van der Waals surface area contributed by atoms with Crippen LogP contribution in [0.4, 0.5) is 11.4 Å². The van der Waals surface area contributed by atoms with Gasteiger partial charge in [-0.05, 0) is 29.8 Å². The highest BCUT2D eigenvalue weighted by Gasteiger charge is 2.16. The lowest BCUT2D eigenvalue weighted by molar-refractivity contribution is -0.115. The maximum absolute atomic E-state index is 12.7. The molecule has 27 heavy (non-hydrogen) atoms. The molecule has 0 saturated carbocycles. The van der Waals surface area contributed by atoms with Gasteiger partial charge >= 0.3 is 0 Å². The van der Waals surface area contributed by atoms with E-state index in [0.29, 0.717) is 27.0 Å². The summed E-state index contributed by atoms with van der Waals surface area (Å²) in [6.07, 6.45) is 0.215. The van der Waals surface area contributed by atoms with Crippen molar-refractivity contribution < 1.29 is 9.59 Å². The van der Waals surface area contributed by atoms with E-state index in [1.807, 2.05) is 30.3 Å². The van der Waals surface area contributed by atoms with Crippen LogP contribution in [0.15, 0.2) is 72.8 Å². The molecule has 2 N–H and O–H groups in total. The lowest BCUT2D eigenvalue weighted by Crippen LogP contribution is -2.19. The first kappa shape index (κ1) is 19.0. The van der Waals surface area contributed by atoms with Gasteiger partial charge in [0.1, 0.15) is 0 Å². The summed E-state index contributed by atoms with van der Waals surface area (Å²) in [4.78, 5) is 25.0. The van der Waals surface area contributed by atoms with Crippen molar-refractivity contribution in [2.24, 2.45) is 0 Å². The Morgan fingerprint density at radius 2 is 1.37 bits per heavy atom. The van der Waals surface area contributed by atoms with Crippen LogP contribution in [-0.4, -0.2) is 11.8 Å². The Bertz CT molecular complexity index is 955. The van der Waals surface area contributed by atoms with E-state index in [4.69, 9.17) is 23.2 Å². The Morgan fingerprint density at radius 1 is 0.741 bits per heavy atom. The summed E-state index contributed by atoms with van der Waals surface area (Å²) >= 11 is 12.2. The molecule has 136 valence electrons. The highest BCUT2D eigenvalue weighted by atomic mass is 35.5. The zero-order chi connectivity index (χ0) is 19.2. The average Bonchev–Trinajstić information content (AvgIpc) is 2.66. The first-order valence-corrected chi connectivity index (χ1v) is 8.98. The van der Waals surface area contributed by atoms with E-state index in [0.717, 1.165) is 5.56 Å². The van der Waals surface area contributed by atoms with Crippen molar-refractivity contribution >= 4 is 46.4 Å². The minimum absolute atomic E-state index is 0.211. The summed E-state index contributed by atoms with van der Waals surface area (Å²) < 4.78 is 0. The second-order valence-corrected chi connectivity index (χ2v) is 6.62. The summed E-state index contributed by atoms with van der Waals surface area (Å²) in [6.45, 7) is 0. The van der Waals surface area contributed by atoms with E-state index < -0.39 is 5.91 Å². The maximum atomic E-state index is 12.7. The summed E-state index contributed by atoms with van der Waals surface area (Å²) in [5, 5.41) is 6.16. The molecule has 3 rings (SSSR count). The first-order valence-electron chi connectivity index (χ1n) is 8.23. The van der Waals surface area contributed by atoms with E-state index in [2.05, 4.69) is 10.6 Å². The number of nitrogens with one attached hydrogen (secondary N) is 2. The van der Waals surface area contributed by atoms with Gasteiger partial charge in [0.05, 0.1) is 33.4 Å². The number of carbonyl (C=O) groups excluding carboxylic acids is 2. The van der Waals surface area contributed by atoms with E-state index in [-0.39, 0.29) is 12.3 Å². The standard InChI is InChI=1S/C21H16Cl2N2O2/c22-16-10-6-11-17(23)20(16)25-21(27)15-9-4-5-12-18(15)24-19(26)13-14-7-2-1-3-8-14/h1-12H,13H2,(H,24,26)(H,25,27). The predicted octanol–water partition coefficient (Wildman–Crippen LogP) is 5.43. The number of para-hydroxylation sites is 2. The average molecular weight is 399 g/mol. The number of anilines is 2. The van der Waals surface area contributed by atoms with Gasteiger partial charge in [0.2, 0.25) is 5.91 Å². The highest BCUT2D eigenvalue weighted by molar-refractivity contribution is 6.40. The van der Waals surface area contributed by atoms with Crippen molar-refractivity contribution in [2.75, 3.05) is 10.6 Å². The molecule has 0 atom stereocenters. The van der Waals surface area contributed by atoms with Crippen LogP contribution in [0.1, 0.15) is 15.9 Å². The van der Waals surface area contributed by atoms with Crippen molar-refractivity contribution in [1.29, 1.82) is 0 Å². The molecule has 0 bridgehead atoms. The first-order chi connectivity index (χ1) is 13.0. The molecule has 0 spiro atoms. The third kappa shape index (κ3) is 4.88. The van der Waals surface area contributed by atoms with Crippen LogP contribution in [0.3, 0.4) is 0 Å². The molecule has 0 saturated heterocycles. The quantitative estimate of drug-likeness (QED) is 0.601. The van der Waals surface area contributed by atoms with Crippen molar-refractivity contribution in [2.45, 2.75) is 6.42 Å². The molecule has 0 fully saturated rings. The molecule has 0 heterocycles. The predicted molar refractivity (Wildman–Crippen MR) is 110 cm³/mol. The third-order valence-corrected chi connectivity index (χ3v) is 4.48. The monoisotopic (exact) mass is 398 g/mol. The van der Waals surface area contributed by atoms with Gasteiger partial charge in [-0.2, -0.15) is 0 Å². The van der Waals surface area contributed by atoms with Crippen LogP contribution in [0.25, 0.3) is 0 Å². The Morgan fingerprint density at radius 3 is 2.07 bits per heavy atom. The van der Waals surface area contributed by atoms with Gasteiger partial charge in [-0.15, -0.1) is 0 Å². The number of hydrogen-bond acceptors (Lipinski definition) is 2. The number of amides is 2. The third-order valence-electron chi connectivity index (χ3n) is 3.85. The van der Waals surface area contributed by atoms with E-state index in [9.17, 15) is 9.59 Å². The molecule has 0 aliphatic rings. The smallest absolute Gasteiger partial charge is 0.257 e. The van der Waals surface area contributed by atoms with Crippen LogP contribution >= 0.6 is 23.2 Å². The van der Waals surface area contributed by atoms with Crippen LogP contribution in [0.2, 0.25) is 10.0 Å². The van der Waals surface area contributed by atoms with Crippen LogP contribution in [0, 0.1) is 0 Å². The zero-order valence-electron chi connectivity index (χ0n) is 14.2. The van der Waals surface area contributed by atoms with E-state index >= 15 is 0 Å². The number of rotatable bonds is 5. The Kier molecular flexibility index (Phi) is 6.12. The molecule has 4 nitrogen and oxygen atoms in total. The number of hydrogen-bond donors (Lipinski definition) is 2. The van der Waals surface area contributed by atoms with E-state index in [1.165, 1.54) is 0 Å². The normalized spacial score (nSPS) is 10.3. The topological polar surface area (TPSA) is 58.2 Å². The van der Waals surface area contributed by atoms with Gasteiger partial charge in [-0.25, -0.2) is 0 Å². The SMILES string of the molecule is O=C(Cc1ccccc1)Nc1ccccc1C(=O)Nc1c(Cl)cccc1Cl. The molecule has 0 aromatic heterocycles. The molecular formula is C21H16Cl2N2O2. The fraction of sp³-hybridized carbons (Fsp3) is 0.0476. The molecule has 2 amide bonds. The minimum atomic E-state index is -0.416. The lowest BCUT2D eigenvalue weighted by atomic mass is 10.1. The van der Waals surface area contributed by atoms with Crippen molar-refractivity contribution in [3.05, 3.63) is 94.0 Å². The number of halogens is 2. The second kappa shape index (κ2) is 8.71. The van der Waals surface area contributed by atoms with Crippen molar-refractivity contribution in [3.8, 4) is 0 Å². The van der Waals surface area contributed by atoms with Gasteiger partial charge in [0.25, 0.3) is 5.91 Å². The molecule has 3 aromatic rings. The fourth-order valence-electron chi connectivity index (χ4n) is 2.56. The zero-order valence-corrected chi connectivity index (χ0v) is 15.7. The van der Waals surface area contributed by atoms with E-state index in [1.54, 1.807) is 42.5 Å². The highest BCUT2D eigenvalue weighted by Crippen LogP contribution is 2.30. The largest absolute Gasteiger partial charge is 0.325 e. The molecule has 0 unspecified atom stereocenters. The molecule has 6 heteroatoms. The Labute approximate surface area is 167 Å². The Balaban J connectivity index is 1.77. The summed E-state index contributed by atoms with van der Waals surface area (Å²) in [5.74, 6) is -0.627. The van der Waals surface area contributed by atoms with Gasteiger partial charge in [-0.1, -0.05) is 71.7 Å². The summed E-state index contributed by atoms with van der Waals surface area (Å²) in [7, 11) is 0. The van der Waals surface area contributed by atoms with Crippen molar-refractivity contribution in [3.63, 3.8) is 0 Å². The molecule has 0 aliphatic carbocycles. The molecular weight excluding hydrogens is 383 g/mol. The van der Waals surface area contributed by atoms with Gasteiger partial charge in [0, 0.05) is 0 Å². The summed E-state index contributed by atoms with van der Waals surface area (Å²) in [6, 6.07) is 21.1. The maximum Gasteiger partial charge on any atom is 0.257 e. The Hall–Kier alpha value is -2.82. The van der Waals surface area contributed by atoms with Crippen molar-refractivity contribution in [1.82, 2.24) is 0 Å². The minimum Gasteiger partial charge on any atom is -0.325 e. The lowest BCUT2D eigenvalue weighted by Gasteiger charge is -2.13. The van der Waals surface area contributed by atoms with Gasteiger partial charge in [0.15, 0.2) is 0 Å².